The number of carbonyl (C=O) groups is 1. The molecule has 3 nitrogen and oxygen atoms in total. The van der Waals surface area contributed by atoms with Crippen LogP contribution in [0.25, 0.3) is 6.08 Å². The Labute approximate surface area is 112 Å². The van der Waals surface area contributed by atoms with Crippen molar-refractivity contribution in [2.75, 3.05) is 6.54 Å². The molecule has 1 unspecified atom stereocenters. The Morgan fingerprint density at radius 2 is 2.17 bits per heavy atom. The fourth-order valence-electron chi connectivity index (χ4n) is 1.24. The molecule has 2 N–H and O–H groups in total. The monoisotopic (exact) mass is 267 g/mol. The molecule has 0 fully saturated rings. The standard InChI is InChI=1S/C14H18ClNO2/c1-3-14(2,18)10-16-13(17)9-8-11-6-4-5-7-12(11)15/h4-9,18H,3,10H2,1-2H3,(H,16,17). The molecule has 18 heavy (non-hydrogen) atoms. The molecule has 0 aliphatic rings. The van der Waals surface area contributed by atoms with E-state index >= 15 is 0 Å². The van der Waals surface area contributed by atoms with Crippen molar-refractivity contribution in [2.45, 2.75) is 25.9 Å². The van der Waals surface area contributed by atoms with Crippen molar-refractivity contribution in [3.63, 3.8) is 0 Å². The van der Waals surface area contributed by atoms with E-state index in [1.54, 1.807) is 19.1 Å². The number of carbonyl (C=O) groups excluding carboxylic acids is 1. The summed E-state index contributed by atoms with van der Waals surface area (Å²) in [5.41, 5.74) is -0.0787. The number of hydrogen-bond donors (Lipinski definition) is 2. The first-order valence-electron chi connectivity index (χ1n) is 5.87. The van der Waals surface area contributed by atoms with Crippen LogP contribution in [0, 0.1) is 0 Å². The highest BCUT2D eigenvalue weighted by Crippen LogP contribution is 2.16. The number of aliphatic hydroxyl groups is 1. The van der Waals surface area contributed by atoms with Crippen molar-refractivity contribution >= 4 is 23.6 Å². The van der Waals surface area contributed by atoms with E-state index in [2.05, 4.69) is 5.32 Å². The van der Waals surface area contributed by atoms with Gasteiger partial charge in [-0.25, -0.2) is 0 Å². The molecular formula is C14H18ClNO2. The van der Waals surface area contributed by atoms with Gasteiger partial charge in [0.2, 0.25) is 5.91 Å². The van der Waals surface area contributed by atoms with E-state index in [4.69, 9.17) is 11.6 Å². The molecule has 0 aliphatic carbocycles. The van der Waals surface area contributed by atoms with E-state index in [0.29, 0.717) is 11.4 Å². The summed E-state index contributed by atoms with van der Waals surface area (Å²) in [5, 5.41) is 13.0. The topological polar surface area (TPSA) is 49.3 Å². The summed E-state index contributed by atoms with van der Waals surface area (Å²) < 4.78 is 0. The zero-order valence-electron chi connectivity index (χ0n) is 10.6. The molecule has 1 amide bonds. The summed E-state index contributed by atoms with van der Waals surface area (Å²) in [6, 6.07) is 7.28. The third-order valence-electron chi connectivity index (χ3n) is 2.72. The normalized spacial score (nSPS) is 14.4. The van der Waals surface area contributed by atoms with Gasteiger partial charge in [0.25, 0.3) is 0 Å². The Hall–Kier alpha value is -1.32. The average molecular weight is 268 g/mol. The molecule has 4 heteroatoms. The first kappa shape index (κ1) is 14.7. The number of rotatable bonds is 5. The van der Waals surface area contributed by atoms with Gasteiger partial charge in [-0.3, -0.25) is 4.79 Å². The van der Waals surface area contributed by atoms with Crippen molar-refractivity contribution in [3.05, 3.63) is 40.9 Å². The van der Waals surface area contributed by atoms with Crippen LogP contribution < -0.4 is 5.32 Å². The molecule has 1 aromatic carbocycles. The molecule has 0 bridgehead atoms. The van der Waals surface area contributed by atoms with Gasteiger partial charge in [0, 0.05) is 17.6 Å². The van der Waals surface area contributed by atoms with Gasteiger partial charge in [0.1, 0.15) is 0 Å². The number of nitrogens with one attached hydrogen (secondary N) is 1. The van der Waals surface area contributed by atoms with Gasteiger partial charge >= 0.3 is 0 Å². The van der Waals surface area contributed by atoms with Crippen LogP contribution in [-0.4, -0.2) is 23.2 Å². The predicted octanol–water partition coefficient (Wildman–Crippen LogP) is 2.63. The van der Waals surface area contributed by atoms with Crippen molar-refractivity contribution in [2.24, 2.45) is 0 Å². The highest BCUT2D eigenvalue weighted by Gasteiger charge is 2.17. The van der Waals surface area contributed by atoms with Crippen molar-refractivity contribution in [1.29, 1.82) is 0 Å². The SMILES string of the molecule is CCC(C)(O)CNC(=O)C=Cc1ccccc1Cl. The zero-order valence-corrected chi connectivity index (χ0v) is 11.4. The smallest absolute Gasteiger partial charge is 0.244 e. The summed E-state index contributed by atoms with van der Waals surface area (Å²) in [6.45, 7) is 3.78. The van der Waals surface area contributed by atoms with Gasteiger partial charge in [-0.2, -0.15) is 0 Å². The minimum Gasteiger partial charge on any atom is -0.388 e. The van der Waals surface area contributed by atoms with Crippen molar-refractivity contribution < 1.29 is 9.90 Å². The number of halogens is 1. The van der Waals surface area contributed by atoms with Crippen LogP contribution in [-0.2, 0) is 4.79 Å². The van der Waals surface area contributed by atoms with Crippen LogP contribution in [0.1, 0.15) is 25.8 Å². The van der Waals surface area contributed by atoms with E-state index < -0.39 is 5.60 Å². The Balaban J connectivity index is 2.53. The Bertz CT molecular complexity index is 441. The van der Waals surface area contributed by atoms with Gasteiger partial charge in [0.05, 0.1) is 5.60 Å². The van der Waals surface area contributed by atoms with E-state index in [0.717, 1.165) is 5.56 Å². The molecule has 0 saturated carbocycles. The van der Waals surface area contributed by atoms with Gasteiger partial charge in [-0.05, 0) is 31.1 Å². The molecule has 1 rings (SSSR count). The Morgan fingerprint density at radius 3 is 2.78 bits per heavy atom. The van der Waals surface area contributed by atoms with Crippen LogP contribution in [0.2, 0.25) is 5.02 Å². The quantitative estimate of drug-likeness (QED) is 0.806. The van der Waals surface area contributed by atoms with Crippen molar-refractivity contribution in [1.82, 2.24) is 5.32 Å². The van der Waals surface area contributed by atoms with E-state index in [1.165, 1.54) is 6.08 Å². The lowest BCUT2D eigenvalue weighted by Gasteiger charge is -2.20. The molecule has 0 aliphatic heterocycles. The first-order chi connectivity index (χ1) is 8.44. The van der Waals surface area contributed by atoms with Crippen LogP contribution in [0.3, 0.4) is 0 Å². The molecule has 0 spiro atoms. The minimum atomic E-state index is -0.867. The molecule has 0 radical (unpaired) electrons. The van der Waals surface area contributed by atoms with E-state index in [1.807, 2.05) is 25.1 Å². The fourth-order valence-corrected chi connectivity index (χ4v) is 1.44. The number of amides is 1. The molecule has 0 heterocycles. The molecule has 1 aromatic rings. The summed E-state index contributed by atoms with van der Waals surface area (Å²) in [5.74, 6) is -0.247. The Morgan fingerprint density at radius 1 is 1.50 bits per heavy atom. The second-order valence-corrected chi connectivity index (χ2v) is 4.83. The van der Waals surface area contributed by atoms with Crippen LogP contribution in [0.5, 0.6) is 0 Å². The highest BCUT2D eigenvalue weighted by atomic mass is 35.5. The summed E-state index contributed by atoms with van der Waals surface area (Å²) in [7, 11) is 0. The molecule has 1 atom stereocenters. The molecule has 0 aromatic heterocycles. The lowest BCUT2D eigenvalue weighted by molar-refractivity contribution is -0.117. The average Bonchev–Trinajstić information content (AvgIpc) is 2.35. The second kappa shape index (κ2) is 6.57. The summed E-state index contributed by atoms with van der Waals surface area (Å²) in [4.78, 5) is 11.5. The maximum absolute atomic E-state index is 11.5. The van der Waals surface area contributed by atoms with Crippen LogP contribution >= 0.6 is 11.6 Å². The third-order valence-corrected chi connectivity index (χ3v) is 3.07. The molecular weight excluding hydrogens is 250 g/mol. The minimum absolute atomic E-state index is 0.231. The zero-order chi connectivity index (χ0) is 13.6. The summed E-state index contributed by atoms with van der Waals surface area (Å²) >= 11 is 5.96. The first-order valence-corrected chi connectivity index (χ1v) is 6.25. The fraction of sp³-hybridized carbons (Fsp3) is 0.357. The Kier molecular flexibility index (Phi) is 5.38. The van der Waals surface area contributed by atoms with Gasteiger partial charge < -0.3 is 10.4 Å². The summed E-state index contributed by atoms with van der Waals surface area (Å²) in [6.07, 6.45) is 3.65. The predicted molar refractivity (Wildman–Crippen MR) is 74.4 cm³/mol. The number of benzene rings is 1. The van der Waals surface area contributed by atoms with E-state index in [9.17, 15) is 9.90 Å². The van der Waals surface area contributed by atoms with Crippen molar-refractivity contribution in [3.8, 4) is 0 Å². The molecule has 0 saturated heterocycles. The third kappa shape index (κ3) is 4.90. The maximum atomic E-state index is 11.5. The van der Waals surface area contributed by atoms with Crippen LogP contribution in [0.4, 0.5) is 0 Å². The van der Waals surface area contributed by atoms with E-state index in [-0.39, 0.29) is 12.5 Å². The van der Waals surface area contributed by atoms with Crippen LogP contribution in [0.15, 0.2) is 30.3 Å². The largest absolute Gasteiger partial charge is 0.388 e. The van der Waals surface area contributed by atoms with Gasteiger partial charge in [0.15, 0.2) is 0 Å². The lowest BCUT2D eigenvalue weighted by Crippen LogP contribution is -2.39. The maximum Gasteiger partial charge on any atom is 0.244 e. The molecule has 98 valence electrons. The highest BCUT2D eigenvalue weighted by molar-refractivity contribution is 6.32. The van der Waals surface area contributed by atoms with Gasteiger partial charge in [-0.1, -0.05) is 36.7 Å². The number of hydrogen-bond acceptors (Lipinski definition) is 2. The van der Waals surface area contributed by atoms with Gasteiger partial charge in [-0.15, -0.1) is 0 Å². The second-order valence-electron chi connectivity index (χ2n) is 4.42. The lowest BCUT2D eigenvalue weighted by atomic mass is 10.0.